The number of nitrogens with one attached hydrogen (secondary N) is 2. The van der Waals surface area contributed by atoms with Crippen molar-refractivity contribution in [2.75, 3.05) is 7.11 Å². The van der Waals surface area contributed by atoms with Crippen molar-refractivity contribution in [2.24, 2.45) is 0 Å². The standard InChI is InChI=1S/C19H18ClN3O2/c1-12(15-5-3-4-6-17(15)20)23-19(24)13-7-8-16(18(9-13)25-2)14-10-21-22-11-14/h3-12H,1-2H3,(H,21,22)(H,23,24)/t12-/m0/s1. The molecule has 2 N–H and O–H groups in total. The molecular weight excluding hydrogens is 338 g/mol. The Hall–Kier alpha value is -2.79. The molecule has 0 saturated heterocycles. The van der Waals surface area contributed by atoms with Gasteiger partial charge in [-0.25, -0.2) is 0 Å². The van der Waals surface area contributed by atoms with E-state index >= 15 is 0 Å². The van der Waals surface area contributed by atoms with Crippen molar-refractivity contribution >= 4 is 17.5 Å². The molecule has 25 heavy (non-hydrogen) atoms. The minimum atomic E-state index is -0.208. The molecule has 6 heteroatoms. The summed E-state index contributed by atoms with van der Waals surface area (Å²) in [6, 6.07) is 12.6. The van der Waals surface area contributed by atoms with Gasteiger partial charge < -0.3 is 10.1 Å². The molecule has 0 radical (unpaired) electrons. The van der Waals surface area contributed by atoms with Gasteiger partial charge in [-0.2, -0.15) is 5.10 Å². The lowest BCUT2D eigenvalue weighted by Gasteiger charge is -2.16. The Morgan fingerprint density at radius 2 is 2.08 bits per heavy atom. The van der Waals surface area contributed by atoms with Crippen LogP contribution in [0.1, 0.15) is 28.9 Å². The molecule has 0 unspecified atom stereocenters. The first-order chi connectivity index (χ1) is 12.1. The summed E-state index contributed by atoms with van der Waals surface area (Å²) in [7, 11) is 1.58. The van der Waals surface area contributed by atoms with Gasteiger partial charge in [0.15, 0.2) is 0 Å². The van der Waals surface area contributed by atoms with Gasteiger partial charge in [-0.15, -0.1) is 0 Å². The third-order valence-corrected chi connectivity index (χ3v) is 4.34. The minimum Gasteiger partial charge on any atom is -0.496 e. The lowest BCUT2D eigenvalue weighted by atomic mass is 10.0. The molecule has 1 aromatic heterocycles. The highest BCUT2D eigenvalue weighted by Gasteiger charge is 2.16. The van der Waals surface area contributed by atoms with Gasteiger partial charge in [0, 0.05) is 27.9 Å². The summed E-state index contributed by atoms with van der Waals surface area (Å²) in [5.41, 5.74) is 3.16. The minimum absolute atomic E-state index is 0.190. The van der Waals surface area contributed by atoms with Crippen molar-refractivity contribution in [3.63, 3.8) is 0 Å². The average molecular weight is 356 g/mol. The Morgan fingerprint density at radius 1 is 1.28 bits per heavy atom. The van der Waals surface area contributed by atoms with E-state index in [-0.39, 0.29) is 11.9 Å². The number of aromatic amines is 1. The van der Waals surface area contributed by atoms with Crippen LogP contribution in [0.2, 0.25) is 5.02 Å². The molecule has 0 fully saturated rings. The number of amides is 1. The largest absolute Gasteiger partial charge is 0.496 e. The third-order valence-electron chi connectivity index (χ3n) is 3.99. The van der Waals surface area contributed by atoms with E-state index in [4.69, 9.17) is 16.3 Å². The molecule has 1 atom stereocenters. The number of benzene rings is 2. The molecule has 0 saturated carbocycles. The number of rotatable bonds is 5. The second kappa shape index (κ2) is 7.40. The molecule has 0 aliphatic rings. The summed E-state index contributed by atoms with van der Waals surface area (Å²) in [6.45, 7) is 1.90. The molecular formula is C19H18ClN3O2. The smallest absolute Gasteiger partial charge is 0.251 e. The van der Waals surface area contributed by atoms with E-state index in [1.54, 1.807) is 31.6 Å². The molecule has 3 aromatic rings. The first-order valence-corrected chi connectivity index (χ1v) is 8.20. The number of H-pyrrole nitrogens is 1. The van der Waals surface area contributed by atoms with E-state index in [1.807, 2.05) is 37.3 Å². The number of methoxy groups -OCH3 is 1. The van der Waals surface area contributed by atoms with Gasteiger partial charge in [-0.1, -0.05) is 29.8 Å². The van der Waals surface area contributed by atoms with Crippen LogP contribution in [0.15, 0.2) is 54.9 Å². The first kappa shape index (κ1) is 17.0. The van der Waals surface area contributed by atoms with Crippen molar-refractivity contribution in [1.82, 2.24) is 15.5 Å². The highest BCUT2D eigenvalue weighted by molar-refractivity contribution is 6.31. The zero-order valence-corrected chi connectivity index (χ0v) is 14.7. The van der Waals surface area contributed by atoms with Gasteiger partial charge in [0.25, 0.3) is 5.91 Å². The molecule has 0 aliphatic heterocycles. The van der Waals surface area contributed by atoms with Crippen LogP contribution in [0, 0.1) is 0 Å². The maximum Gasteiger partial charge on any atom is 0.251 e. The van der Waals surface area contributed by atoms with Crippen LogP contribution in [0.5, 0.6) is 5.75 Å². The number of carbonyl (C=O) groups is 1. The highest BCUT2D eigenvalue weighted by Crippen LogP contribution is 2.30. The molecule has 1 amide bonds. The first-order valence-electron chi connectivity index (χ1n) is 7.82. The Balaban J connectivity index is 1.82. The third kappa shape index (κ3) is 3.67. The van der Waals surface area contributed by atoms with Gasteiger partial charge in [-0.05, 0) is 36.8 Å². The number of nitrogens with zero attached hydrogens (tertiary/aromatic N) is 1. The SMILES string of the molecule is COc1cc(C(=O)N[C@@H](C)c2ccccc2Cl)ccc1-c1cn[nH]c1. The molecule has 2 aromatic carbocycles. The molecule has 3 rings (SSSR count). The van der Waals surface area contributed by atoms with E-state index in [9.17, 15) is 4.79 Å². The van der Waals surface area contributed by atoms with Crippen LogP contribution in [-0.2, 0) is 0 Å². The van der Waals surface area contributed by atoms with Gasteiger partial charge >= 0.3 is 0 Å². The molecule has 0 aliphatic carbocycles. The van der Waals surface area contributed by atoms with Crippen LogP contribution < -0.4 is 10.1 Å². The zero-order chi connectivity index (χ0) is 17.8. The van der Waals surface area contributed by atoms with Gasteiger partial charge in [-0.3, -0.25) is 9.89 Å². The van der Waals surface area contributed by atoms with E-state index in [1.165, 1.54) is 0 Å². The average Bonchev–Trinajstić information content (AvgIpc) is 3.15. The summed E-state index contributed by atoms with van der Waals surface area (Å²) in [6.07, 6.45) is 3.48. The van der Waals surface area contributed by atoms with Crippen molar-refractivity contribution in [1.29, 1.82) is 0 Å². The fraction of sp³-hybridized carbons (Fsp3) is 0.158. The lowest BCUT2D eigenvalue weighted by molar-refractivity contribution is 0.0939. The normalized spacial score (nSPS) is 11.8. The summed E-state index contributed by atoms with van der Waals surface area (Å²) in [5.74, 6) is 0.420. The summed E-state index contributed by atoms with van der Waals surface area (Å²) >= 11 is 6.19. The molecule has 0 spiro atoms. The van der Waals surface area contributed by atoms with Crippen molar-refractivity contribution in [3.8, 4) is 16.9 Å². The molecule has 5 nitrogen and oxygen atoms in total. The van der Waals surface area contributed by atoms with Crippen molar-refractivity contribution < 1.29 is 9.53 Å². The number of carbonyl (C=O) groups excluding carboxylic acids is 1. The van der Waals surface area contributed by atoms with Crippen LogP contribution in [-0.4, -0.2) is 23.2 Å². The van der Waals surface area contributed by atoms with E-state index in [0.29, 0.717) is 16.3 Å². The molecule has 128 valence electrons. The number of aromatic nitrogens is 2. The van der Waals surface area contributed by atoms with Crippen molar-refractivity contribution in [2.45, 2.75) is 13.0 Å². The van der Waals surface area contributed by atoms with E-state index in [2.05, 4.69) is 15.5 Å². The quantitative estimate of drug-likeness (QED) is 0.719. The topological polar surface area (TPSA) is 67.0 Å². The Labute approximate surface area is 151 Å². The van der Waals surface area contributed by atoms with Gasteiger partial charge in [0.2, 0.25) is 0 Å². The number of halogens is 1. The second-order valence-electron chi connectivity index (χ2n) is 5.62. The summed E-state index contributed by atoms with van der Waals surface area (Å²) in [5, 5.41) is 10.3. The van der Waals surface area contributed by atoms with Crippen LogP contribution in [0.3, 0.4) is 0 Å². The maximum absolute atomic E-state index is 12.6. The van der Waals surface area contributed by atoms with Crippen LogP contribution >= 0.6 is 11.6 Å². The Bertz CT molecular complexity index is 878. The van der Waals surface area contributed by atoms with Gasteiger partial charge in [0.05, 0.1) is 19.3 Å². The number of hydrogen-bond acceptors (Lipinski definition) is 3. The highest BCUT2D eigenvalue weighted by atomic mass is 35.5. The zero-order valence-electron chi connectivity index (χ0n) is 13.9. The van der Waals surface area contributed by atoms with Gasteiger partial charge in [0.1, 0.15) is 5.75 Å². The summed E-state index contributed by atoms with van der Waals surface area (Å²) < 4.78 is 5.43. The second-order valence-corrected chi connectivity index (χ2v) is 6.03. The van der Waals surface area contributed by atoms with E-state index in [0.717, 1.165) is 16.7 Å². The number of hydrogen-bond donors (Lipinski definition) is 2. The lowest BCUT2D eigenvalue weighted by Crippen LogP contribution is -2.26. The van der Waals surface area contributed by atoms with E-state index < -0.39 is 0 Å². The monoisotopic (exact) mass is 355 g/mol. The van der Waals surface area contributed by atoms with Crippen molar-refractivity contribution in [3.05, 3.63) is 71.0 Å². The maximum atomic E-state index is 12.6. The Morgan fingerprint density at radius 3 is 2.76 bits per heavy atom. The van der Waals surface area contributed by atoms with Crippen LogP contribution in [0.25, 0.3) is 11.1 Å². The molecule has 0 bridgehead atoms. The predicted octanol–water partition coefficient (Wildman–Crippen LogP) is 4.23. The van der Waals surface area contributed by atoms with Crippen LogP contribution in [0.4, 0.5) is 0 Å². The predicted molar refractivity (Wildman–Crippen MR) is 97.9 cm³/mol. The number of ether oxygens (including phenoxy) is 1. The Kier molecular flexibility index (Phi) is 5.05. The fourth-order valence-corrected chi connectivity index (χ4v) is 2.95. The fourth-order valence-electron chi connectivity index (χ4n) is 2.65. The molecule has 1 heterocycles. The summed E-state index contributed by atoms with van der Waals surface area (Å²) in [4.78, 5) is 12.6.